The van der Waals surface area contributed by atoms with Gasteiger partial charge in [-0.25, -0.2) is 0 Å². The maximum absolute atomic E-state index is 11.7. The highest BCUT2D eigenvalue weighted by Gasteiger charge is 2.30. The average Bonchev–Trinajstić information content (AvgIpc) is 2.79. The molecule has 0 aliphatic heterocycles. The fourth-order valence-electron chi connectivity index (χ4n) is 1.93. The third-order valence-electron chi connectivity index (χ3n) is 2.74. The predicted molar refractivity (Wildman–Crippen MR) is 63.3 cm³/mol. The Labute approximate surface area is 102 Å². The smallest absolute Gasteiger partial charge is 0.320 e. The van der Waals surface area contributed by atoms with Crippen LogP contribution in [0.1, 0.15) is 39.5 Å². The summed E-state index contributed by atoms with van der Waals surface area (Å²) in [5.74, 6) is -1.74. The molecule has 0 saturated heterocycles. The molecule has 17 heavy (non-hydrogen) atoms. The minimum Gasteiger partial charge on any atom is -0.465 e. The van der Waals surface area contributed by atoms with Crippen LogP contribution in [0.2, 0.25) is 0 Å². The fraction of sp³-hybridized carbons (Fsp3) is 0.692. The third kappa shape index (κ3) is 4.21. The molecule has 0 N–H and O–H groups in total. The van der Waals surface area contributed by atoms with Crippen LogP contribution in [-0.4, -0.2) is 25.2 Å². The van der Waals surface area contributed by atoms with E-state index in [1.807, 2.05) is 0 Å². The quantitative estimate of drug-likeness (QED) is 0.406. The lowest BCUT2D eigenvalue weighted by molar-refractivity contribution is -0.161. The molecule has 96 valence electrons. The van der Waals surface area contributed by atoms with Crippen LogP contribution in [0.4, 0.5) is 0 Å². The molecule has 4 heteroatoms. The lowest BCUT2D eigenvalue weighted by Gasteiger charge is -2.14. The first-order valence-electron chi connectivity index (χ1n) is 6.20. The number of hydrogen-bond acceptors (Lipinski definition) is 4. The summed E-state index contributed by atoms with van der Waals surface area (Å²) in [4.78, 5) is 23.4. The van der Waals surface area contributed by atoms with E-state index in [0.717, 1.165) is 24.8 Å². The molecule has 4 nitrogen and oxygen atoms in total. The highest BCUT2D eigenvalue weighted by atomic mass is 16.6. The first kappa shape index (κ1) is 13.7. The summed E-state index contributed by atoms with van der Waals surface area (Å²) in [6.07, 6.45) is 5.65. The lowest BCUT2D eigenvalue weighted by atomic mass is 9.99. The van der Waals surface area contributed by atoms with Crippen molar-refractivity contribution in [2.75, 3.05) is 13.2 Å². The van der Waals surface area contributed by atoms with Crippen molar-refractivity contribution in [1.29, 1.82) is 0 Å². The monoisotopic (exact) mass is 240 g/mol. The number of carbonyl (C=O) groups excluding carboxylic acids is 2. The van der Waals surface area contributed by atoms with Gasteiger partial charge >= 0.3 is 11.9 Å². The molecule has 0 unspecified atom stereocenters. The summed E-state index contributed by atoms with van der Waals surface area (Å²) in [6, 6.07) is 0. The Kier molecular flexibility index (Phi) is 5.73. The number of esters is 2. The molecular weight excluding hydrogens is 220 g/mol. The molecule has 0 spiro atoms. The Morgan fingerprint density at radius 2 is 1.82 bits per heavy atom. The highest BCUT2D eigenvalue weighted by molar-refractivity contribution is 5.95. The summed E-state index contributed by atoms with van der Waals surface area (Å²) >= 11 is 0. The van der Waals surface area contributed by atoms with Crippen molar-refractivity contribution in [3.05, 3.63) is 11.6 Å². The number of allylic oxidation sites excluding steroid dienone is 2. The Balaban J connectivity index is 2.63. The Morgan fingerprint density at radius 1 is 1.24 bits per heavy atom. The topological polar surface area (TPSA) is 52.6 Å². The fourth-order valence-corrected chi connectivity index (χ4v) is 1.93. The minimum atomic E-state index is -0.792. The second kappa shape index (κ2) is 7.09. The van der Waals surface area contributed by atoms with E-state index in [9.17, 15) is 9.59 Å². The Hall–Kier alpha value is -1.32. The zero-order chi connectivity index (χ0) is 12.7. The molecule has 0 fully saturated rings. The van der Waals surface area contributed by atoms with Crippen LogP contribution in [0.3, 0.4) is 0 Å². The van der Waals surface area contributed by atoms with Crippen molar-refractivity contribution in [1.82, 2.24) is 0 Å². The maximum Gasteiger partial charge on any atom is 0.320 e. The van der Waals surface area contributed by atoms with Gasteiger partial charge < -0.3 is 9.47 Å². The van der Waals surface area contributed by atoms with Gasteiger partial charge in [0.15, 0.2) is 5.92 Å². The molecule has 1 aliphatic rings. The van der Waals surface area contributed by atoms with Crippen molar-refractivity contribution in [3.63, 3.8) is 0 Å². The van der Waals surface area contributed by atoms with Gasteiger partial charge in [-0.05, 0) is 39.5 Å². The SMILES string of the molecule is CCOC(=O)C(CC1=CCCC1)C(=O)OCC. The summed E-state index contributed by atoms with van der Waals surface area (Å²) < 4.78 is 9.83. The van der Waals surface area contributed by atoms with Crippen LogP contribution in [0, 0.1) is 5.92 Å². The van der Waals surface area contributed by atoms with Gasteiger partial charge in [0.05, 0.1) is 13.2 Å². The first-order chi connectivity index (χ1) is 8.19. The van der Waals surface area contributed by atoms with Gasteiger partial charge in [-0.1, -0.05) is 11.6 Å². The van der Waals surface area contributed by atoms with E-state index in [2.05, 4.69) is 6.08 Å². The normalized spacial score (nSPS) is 14.6. The van der Waals surface area contributed by atoms with Crippen molar-refractivity contribution in [2.24, 2.45) is 5.92 Å². The van der Waals surface area contributed by atoms with Crippen LogP contribution in [0.15, 0.2) is 11.6 Å². The van der Waals surface area contributed by atoms with Crippen molar-refractivity contribution < 1.29 is 19.1 Å². The number of ether oxygens (including phenoxy) is 2. The maximum atomic E-state index is 11.7. The zero-order valence-electron chi connectivity index (χ0n) is 10.5. The van der Waals surface area contributed by atoms with Crippen LogP contribution < -0.4 is 0 Å². The molecule has 0 saturated carbocycles. The van der Waals surface area contributed by atoms with Crippen LogP contribution >= 0.6 is 0 Å². The standard InChI is InChI=1S/C13H20O4/c1-3-16-12(14)11(13(15)17-4-2)9-10-7-5-6-8-10/h7,11H,3-6,8-9H2,1-2H3. The van der Waals surface area contributed by atoms with Crippen LogP contribution in [-0.2, 0) is 19.1 Å². The van der Waals surface area contributed by atoms with Gasteiger partial charge in [-0.15, -0.1) is 0 Å². The molecule has 0 amide bonds. The van der Waals surface area contributed by atoms with Gasteiger partial charge in [0.1, 0.15) is 0 Å². The van der Waals surface area contributed by atoms with Crippen molar-refractivity contribution >= 4 is 11.9 Å². The van der Waals surface area contributed by atoms with E-state index >= 15 is 0 Å². The van der Waals surface area contributed by atoms with Gasteiger partial charge in [0.25, 0.3) is 0 Å². The van der Waals surface area contributed by atoms with E-state index in [1.54, 1.807) is 13.8 Å². The molecule has 0 aromatic carbocycles. The van der Waals surface area contributed by atoms with Gasteiger partial charge in [-0.2, -0.15) is 0 Å². The molecule has 0 radical (unpaired) electrons. The average molecular weight is 240 g/mol. The van der Waals surface area contributed by atoms with E-state index in [0.29, 0.717) is 6.42 Å². The van der Waals surface area contributed by atoms with Crippen molar-refractivity contribution in [2.45, 2.75) is 39.5 Å². The second-order valence-corrected chi connectivity index (χ2v) is 4.02. The first-order valence-corrected chi connectivity index (χ1v) is 6.20. The molecule has 0 heterocycles. The summed E-state index contributed by atoms with van der Waals surface area (Å²) in [7, 11) is 0. The molecule has 0 bridgehead atoms. The second-order valence-electron chi connectivity index (χ2n) is 4.02. The minimum absolute atomic E-state index is 0.286. The molecule has 0 atom stereocenters. The van der Waals surface area contributed by atoms with E-state index in [4.69, 9.17) is 9.47 Å². The van der Waals surface area contributed by atoms with E-state index in [-0.39, 0.29) is 13.2 Å². The van der Waals surface area contributed by atoms with Crippen molar-refractivity contribution in [3.8, 4) is 0 Å². The summed E-state index contributed by atoms with van der Waals surface area (Å²) in [5.41, 5.74) is 1.16. The van der Waals surface area contributed by atoms with Gasteiger partial charge in [0.2, 0.25) is 0 Å². The van der Waals surface area contributed by atoms with Crippen LogP contribution in [0.25, 0.3) is 0 Å². The molecular formula is C13H20O4. The highest BCUT2D eigenvalue weighted by Crippen LogP contribution is 2.25. The van der Waals surface area contributed by atoms with Gasteiger partial charge in [-0.3, -0.25) is 9.59 Å². The third-order valence-corrected chi connectivity index (χ3v) is 2.74. The van der Waals surface area contributed by atoms with Gasteiger partial charge in [0, 0.05) is 0 Å². The lowest BCUT2D eigenvalue weighted by Crippen LogP contribution is -2.28. The molecule has 1 rings (SSSR count). The van der Waals surface area contributed by atoms with E-state index < -0.39 is 17.9 Å². The number of hydrogen-bond donors (Lipinski definition) is 0. The molecule has 0 aromatic heterocycles. The predicted octanol–water partition coefficient (Wildman–Crippen LogP) is 2.23. The summed E-state index contributed by atoms with van der Waals surface area (Å²) in [6.45, 7) is 4.03. The largest absolute Gasteiger partial charge is 0.465 e. The zero-order valence-corrected chi connectivity index (χ0v) is 10.5. The summed E-state index contributed by atoms with van der Waals surface area (Å²) in [5, 5.41) is 0. The van der Waals surface area contributed by atoms with E-state index in [1.165, 1.54) is 0 Å². The molecule has 0 aromatic rings. The number of rotatable bonds is 6. The Morgan fingerprint density at radius 3 is 2.24 bits per heavy atom. The Bertz CT molecular complexity index is 289. The molecule has 1 aliphatic carbocycles. The number of carbonyl (C=O) groups is 2. The van der Waals surface area contributed by atoms with Crippen LogP contribution in [0.5, 0.6) is 0 Å².